The number of hydrogen-bond acceptors (Lipinski definition) is 5. The van der Waals surface area contributed by atoms with Crippen LogP contribution in [0.4, 0.5) is 11.6 Å². The third-order valence-electron chi connectivity index (χ3n) is 3.51. The number of nitrogens with one attached hydrogen (secondary N) is 1. The van der Waals surface area contributed by atoms with Crippen molar-refractivity contribution in [1.82, 2.24) is 14.9 Å². The lowest BCUT2D eigenvalue weighted by Gasteiger charge is -2.29. The predicted octanol–water partition coefficient (Wildman–Crippen LogP) is 1.18. The monoisotopic (exact) mass is 263 g/mol. The number of likely N-dealkylation sites (tertiary alicyclic amines) is 1. The fourth-order valence-electron chi connectivity index (χ4n) is 2.26. The highest BCUT2D eigenvalue weighted by Crippen LogP contribution is 2.17. The van der Waals surface area contributed by atoms with Crippen molar-refractivity contribution in [2.24, 2.45) is 0 Å². The van der Waals surface area contributed by atoms with Crippen LogP contribution < -0.4 is 11.1 Å². The van der Waals surface area contributed by atoms with Gasteiger partial charge in [-0.2, -0.15) is 0 Å². The van der Waals surface area contributed by atoms with Gasteiger partial charge in [0.25, 0.3) is 0 Å². The number of nitrogens with two attached hydrogens (primary N) is 1. The van der Waals surface area contributed by atoms with Crippen LogP contribution in [0, 0.1) is 6.92 Å². The molecule has 6 heteroatoms. The molecule has 0 aliphatic carbocycles. The van der Waals surface area contributed by atoms with Gasteiger partial charge in [-0.1, -0.05) is 0 Å². The Balaban J connectivity index is 2.01. The molecule has 6 nitrogen and oxygen atoms in total. The molecular formula is C13H21N5O. The summed E-state index contributed by atoms with van der Waals surface area (Å²) < 4.78 is 0. The van der Waals surface area contributed by atoms with Crippen molar-refractivity contribution in [1.29, 1.82) is 0 Å². The SMILES string of the molecule is Cc1c(N)ncnc1NC(C)C(=O)N1CCCCC1. The van der Waals surface area contributed by atoms with E-state index in [9.17, 15) is 4.79 Å². The largest absolute Gasteiger partial charge is 0.383 e. The Morgan fingerprint density at radius 3 is 2.74 bits per heavy atom. The quantitative estimate of drug-likeness (QED) is 0.855. The van der Waals surface area contributed by atoms with Gasteiger partial charge in [0.05, 0.1) is 0 Å². The Bertz CT molecular complexity index is 456. The van der Waals surface area contributed by atoms with Crippen LogP contribution in [0.25, 0.3) is 0 Å². The van der Waals surface area contributed by atoms with E-state index in [1.54, 1.807) is 0 Å². The molecule has 0 saturated carbocycles. The van der Waals surface area contributed by atoms with Crippen molar-refractivity contribution < 1.29 is 4.79 Å². The van der Waals surface area contributed by atoms with Gasteiger partial charge in [-0.05, 0) is 33.1 Å². The van der Waals surface area contributed by atoms with E-state index in [1.165, 1.54) is 12.7 Å². The van der Waals surface area contributed by atoms with Crippen LogP contribution in [-0.2, 0) is 4.79 Å². The summed E-state index contributed by atoms with van der Waals surface area (Å²) >= 11 is 0. The van der Waals surface area contributed by atoms with Crippen LogP contribution in [0.15, 0.2) is 6.33 Å². The van der Waals surface area contributed by atoms with Crippen LogP contribution in [0.3, 0.4) is 0 Å². The molecule has 3 N–H and O–H groups in total. The minimum atomic E-state index is -0.300. The molecule has 0 bridgehead atoms. The molecule has 1 amide bonds. The summed E-state index contributed by atoms with van der Waals surface area (Å²) in [5.74, 6) is 1.19. The third-order valence-corrected chi connectivity index (χ3v) is 3.51. The van der Waals surface area contributed by atoms with Crippen LogP contribution in [-0.4, -0.2) is 39.9 Å². The normalized spacial score (nSPS) is 17.1. The van der Waals surface area contributed by atoms with Crippen molar-refractivity contribution in [3.8, 4) is 0 Å². The van der Waals surface area contributed by atoms with E-state index in [4.69, 9.17) is 5.73 Å². The summed E-state index contributed by atoms with van der Waals surface area (Å²) in [5, 5.41) is 3.13. The molecule has 19 heavy (non-hydrogen) atoms. The first kappa shape index (κ1) is 13.6. The fraction of sp³-hybridized carbons (Fsp3) is 0.615. The number of anilines is 2. The summed E-state index contributed by atoms with van der Waals surface area (Å²) in [5.41, 5.74) is 6.51. The molecule has 2 heterocycles. The van der Waals surface area contributed by atoms with E-state index in [2.05, 4.69) is 15.3 Å². The second kappa shape index (κ2) is 5.86. The minimum Gasteiger partial charge on any atom is -0.383 e. The molecule has 1 aliphatic rings. The van der Waals surface area contributed by atoms with Crippen LogP contribution in [0.5, 0.6) is 0 Å². The second-order valence-electron chi connectivity index (χ2n) is 4.98. The lowest BCUT2D eigenvalue weighted by Crippen LogP contribution is -2.44. The van der Waals surface area contributed by atoms with E-state index in [1.807, 2.05) is 18.7 Å². The molecule has 1 saturated heterocycles. The molecule has 1 unspecified atom stereocenters. The number of hydrogen-bond donors (Lipinski definition) is 2. The van der Waals surface area contributed by atoms with E-state index in [-0.39, 0.29) is 11.9 Å². The number of carbonyl (C=O) groups excluding carboxylic acids is 1. The van der Waals surface area contributed by atoms with Gasteiger partial charge >= 0.3 is 0 Å². The molecule has 1 aromatic rings. The molecule has 104 valence electrons. The Morgan fingerprint density at radius 2 is 2.05 bits per heavy atom. The number of amides is 1. The van der Waals surface area contributed by atoms with Crippen molar-refractivity contribution in [2.45, 2.75) is 39.2 Å². The Morgan fingerprint density at radius 1 is 1.37 bits per heavy atom. The van der Waals surface area contributed by atoms with E-state index < -0.39 is 0 Å². The maximum atomic E-state index is 12.3. The second-order valence-corrected chi connectivity index (χ2v) is 4.98. The fourth-order valence-corrected chi connectivity index (χ4v) is 2.26. The lowest BCUT2D eigenvalue weighted by molar-refractivity contribution is -0.132. The zero-order valence-corrected chi connectivity index (χ0v) is 11.5. The number of nitrogen functional groups attached to an aromatic ring is 1. The van der Waals surface area contributed by atoms with Gasteiger partial charge in [0.15, 0.2) is 0 Å². The molecule has 0 spiro atoms. The summed E-state index contributed by atoms with van der Waals surface area (Å²) in [7, 11) is 0. The van der Waals surface area contributed by atoms with Gasteiger partial charge in [0.2, 0.25) is 5.91 Å². The highest BCUT2D eigenvalue weighted by Gasteiger charge is 2.22. The molecule has 1 aliphatic heterocycles. The Kier molecular flexibility index (Phi) is 4.19. The maximum absolute atomic E-state index is 12.3. The maximum Gasteiger partial charge on any atom is 0.244 e. The average molecular weight is 263 g/mol. The first-order valence-electron chi connectivity index (χ1n) is 6.72. The van der Waals surface area contributed by atoms with Gasteiger partial charge < -0.3 is 16.0 Å². The summed E-state index contributed by atoms with van der Waals surface area (Å²) in [6, 6.07) is -0.300. The number of piperidine rings is 1. The molecule has 0 radical (unpaired) electrons. The summed E-state index contributed by atoms with van der Waals surface area (Å²) in [6.07, 6.45) is 4.81. The molecule has 1 fully saturated rings. The molecule has 1 atom stereocenters. The van der Waals surface area contributed by atoms with Gasteiger partial charge in [-0.15, -0.1) is 0 Å². The highest BCUT2D eigenvalue weighted by molar-refractivity contribution is 5.84. The molecule has 0 aromatic carbocycles. The zero-order valence-electron chi connectivity index (χ0n) is 11.5. The minimum absolute atomic E-state index is 0.122. The van der Waals surface area contributed by atoms with Gasteiger partial charge in [0, 0.05) is 18.7 Å². The van der Waals surface area contributed by atoms with Gasteiger partial charge in [-0.25, -0.2) is 9.97 Å². The first-order chi connectivity index (χ1) is 9.09. The zero-order chi connectivity index (χ0) is 13.8. The highest BCUT2D eigenvalue weighted by atomic mass is 16.2. The number of nitrogens with zero attached hydrogens (tertiary/aromatic N) is 3. The van der Waals surface area contributed by atoms with Gasteiger partial charge in [-0.3, -0.25) is 4.79 Å². The number of aromatic nitrogens is 2. The summed E-state index contributed by atoms with van der Waals surface area (Å²) in [4.78, 5) is 22.3. The first-order valence-corrected chi connectivity index (χ1v) is 6.72. The standard InChI is InChI=1S/C13H21N5O/c1-9-11(14)15-8-16-12(9)17-10(2)13(19)18-6-4-3-5-7-18/h8,10H,3-7H2,1-2H3,(H3,14,15,16,17). The molecule has 2 rings (SSSR count). The van der Waals surface area contributed by atoms with Crippen LogP contribution >= 0.6 is 0 Å². The van der Waals surface area contributed by atoms with Crippen LogP contribution in [0.2, 0.25) is 0 Å². The Labute approximate surface area is 113 Å². The topological polar surface area (TPSA) is 84.1 Å². The third kappa shape index (κ3) is 3.13. The van der Waals surface area contributed by atoms with Crippen molar-refractivity contribution in [3.63, 3.8) is 0 Å². The van der Waals surface area contributed by atoms with Crippen molar-refractivity contribution in [3.05, 3.63) is 11.9 Å². The smallest absolute Gasteiger partial charge is 0.244 e. The van der Waals surface area contributed by atoms with E-state index in [0.717, 1.165) is 31.5 Å². The number of rotatable bonds is 3. The molecular weight excluding hydrogens is 242 g/mol. The predicted molar refractivity (Wildman–Crippen MR) is 74.7 cm³/mol. The lowest BCUT2D eigenvalue weighted by atomic mass is 10.1. The van der Waals surface area contributed by atoms with E-state index in [0.29, 0.717) is 11.6 Å². The summed E-state index contributed by atoms with van der Waals surface area (Å²) in [6.45, 7) is 5.41. The van der Waals surface area contributed by atoms with Crippen molar-refractivity contribution >= 4 is 17.5 Å². The van der Waals surface area contributed by atoms with E-state index >= 15 is 0 Å². The van der Waals surface area contributed by atoms with Gasteiger partial charge in [0.1, 0.15) is 24.0 Å². The average Bonchev–Trinajstić information content (AvgIpc) is 2.44. The van der Waals surface area contributed by atoms with Crippen LogP contribution in [0.1, 0.15) is 31.7 Å². The number of carbonyl (C=O) groups is 1. The molecule has 1 aromatic heterocycles. The van der Waals surface area contributed by atoms with Crippen molar-refractivity contribution in [2.75, 3.05) is 24.1 Å². The Hall–Kier alpha value is -1.85.